The van der Waals surface area contributed by atoms with Crippen LogP contribution in [0.2, 0.25) is 0 Å². The van der Waals surface area contributed by atoms with Gasteiger partial charge in [-0.1, -0.05) is 0 Å². The molecule has 0 atom stereocenters. The maximum absolute atomic E-state index is 5.75. The first-order valence-electron chi connectivity index (χ1n) is 5.86. The number of nitrogens with zero attached hydrogens (tertiary/aromatic N) is 4. The lowest BCUT2D eigenvalue weighted by molar-refractivity contribution is 0.548. The molecule has 88 valence electrons. The summed E-state index contributed by atoms with van der Waals surface area (Å²) in [5.41, 5.74) is 8.69. The van der Waals surface area contributed by atoms with Gasteiger partial charge in [-0.25, -0.2) is 4.68 Å². The molecule has 2 aromatic rings. The molecular weight excluding hydrogens is 214 g/mol. The average Bonchev–Trinajstić information content (AvgIpc) is 2.97. The van der Waals surface area contributed by atoms with Crippen molar-refractivity contribution in [3.8, 4) is 11.4 Å². The Labute approximate surface area is 99.6 Å². The number of aromatic nitrogens is 4. The SMILES string of the molecule is Cc1cc(N)ccc1-c1nnnn1CC1CC1. The normalized spacial score (nSPS) is 15.1. The standard InChI is InChI=1S/C12H15N5/c1-8-6-10(13)4-5-11(8)12-14-15-16-17(12)7-9-2-3-9/h4-6,9H,2-3,7,13H2,1H3. The predicted molar refractivity (Wildman–Crippen MR) is 65.1 cm³/mol. The van der Waals surface area contributed by atoms with Crippen molar-refractivity contribution in [1.29, 1.82) is 0 Å². The zero-order valence-electron chi connectivity index (χ0n) is 9.80. The molecule has 1 aliphatic rings. The molecule has 0 amide bonds. The highest BCUT2D eigenvalue weighted by Crippen LogP contribution is 2.32. The number of hydrogen-bond acceptors (Lipinski definition) is 4. The van der Waals surface area contributed by atoms with Crippen molar-refractivity contribution in [2.24, 2.45) is 5.92 Å². The van der Waals surface area contributed by atoms with Crippen LogP contribution in [0.1, 0.15) is 18.4 Å². The number of hydrogen-bond donors (Lipinski definition) is 1. The molecule has 17 heavy (non-hydrogen) atoms. The van der Waals surface area contributed by atoms with Crippen LogP contribution in [0.15, 0.2) is 18.2 Å². The van der Waals surface area contributed by atoms with Gasteiger partial charge in [0.25, 0.3) is 0 Å². The molecule has 0 saturated heterocycles. The van der Waals surface area contributed by atoms with Crippen LogP contribution >= 0.6 is 0 Å². The fourth-order valence-corrected chi connectivity index (χ4v) is 2.00. The predicted octanol–water partition coefficient (Wildman–Crippen LogP) is 1.64. The Bertz CT molecular complexity index is 542. The van der Waals surface area contributed by atoms with E-state index in [1.165, 1.54) is 12.8 Å². The summed E-state index contributed by atoms with van der Waals surface area (Å²) in [6, 6.07) is 5.82. The van der Waals surface area contributed by atoms with Crippen molar-refractivity contribution in [3.05, 3.63) is 23.8 Å². The molecule has 0 aliphatic heterocycles. The second kappa shape index (κ2) is 3.84. The molecular formula is C12H15N5. The Morgan fingerprint density at radius 3 is 2.94 bits per heavy atom. The van der Waals surface area contributed by atoms with E-state index >= 15 is 0 Å². The number of benzene rings is 1. The van der Waals surface area contributed by atoms with E-state index in [2.05, 4.69) is 15.5 Å². The zero-order valence-corrected chi connectivity index (χ0v) is 9.80. The minimum absolute atomic E-state index is 0.756. The van der Waals surface area contributed by atoms with Gasteiger partial charge in [-0.05, 0) is 59.9 Å². The molecule has 1 aromatic carbocycles. The highest BCUT2D eigenvalue weighted by atomic mass is 15.5. The highest BCUT2D eigenvalue weighted by molar-refractivity contribution is 5.63. The number of tetrazole rings is 1. The third-order valence-electron chi connectivity index (χ3n) is 3.15. The molecule has 0 bridgehead atoms. The van der Waals surface area contributed by atoms with Gasteiger partial charge in [0.2, 0.25) is 0 Å². The second-order valence-electron chi connectivity index (χ2n) is 4.70. The lowest BCUT2D eigenvalue weighted by Crippen LogP contribution is -2.05. The molecule has 1 fully saturated rings. The van der Waals surface area contributed by atoms with Crippen molar-refractivity contribution < 1.29 is 0 Å². The van der Waals surface area contributed by atoms with E-state index in [4.69, 9.17) is 5.73 Å². The Morgan fingerprint density at radius 1 is 1.41 bits per heavy atom. The Hall–Kier alpha value is -1.91. The number of nitrogen functional groups attached to an aromatic ring is 1. The lowest BCUT2D eigenvalue weighted by Gasteiger charge is -2.07. The monoisotopic (exact) mass is 229 g/mol. The lowest BCUT2D eigenvalue weighted by atomic mass is 10.1. The summed E-state index contributed by atoms with van der Waals surface area (Å²) in [5.74, 6) is 1.60. The fourth-order valence-electron chi connectivity index (χ4n) is 2.00. The van der Waals surface area contributed by atoms with Crippen LogP contribution in [0.25, 0.3) is 11.4 Å². The number of rotatable bonds is 3. The van der Waals surface area contributed by atoms with Crippen molar-refractivity contribution in [2.75, 3.05) is 5.73 Å². The van der Waals surface area contributed by atoms with Crippen molar-refractivity contribution in [2.45, 2.75) is 26.3 Å². The fraction of sp³-hybridized carbons (Fsp3) is 0.417. The summed E-state index contributed by atoms with van der Waals surface area (Å²) >= 11 is 0. The maximum Gasteiger partial charge on any atom is 0.182 e. The zero-order chi connectivity index (χ0) is 11.8. The molecule has 0 unspecified atom stereocenters. The van der Waals surface area contributed by atoms with Crippen LogP contribution in [0.4, 0.5) is 5.69 Å². The van der Waals surface area contributed by atoms with Gasteiger partial charge in [0, 0.05) is 17.8 Å². The quantitative estimate of drug-likeness (QED) is 0.812. The summed E-state index contributed by atoms with van der Waals surface area (Å²) in [4.78, 5) is 0. The third kappa shape index (κ3) is 2.00. The van der Waals surface area contributed by atoms with Crippen LogP contribution in [-0.4, -0.2) is 20.2 Å². The van der Waals surface area contributed by atoms with Crippen LogP contribution < -0.4 is 5.73 Å². The van der Waals surface area contributed by atoms with Gasteiger partial charge in [-0.3, -0.25) is 0 Å². The Morgan fingerprint density at radius 2 is 2.24 bits per heavy atom. The molecule has 0 radical (unpaired) electrons. The largest absolute Gasteiger partial charge is 0.399 e. The summed E-state index contributed by atoms with van der Waals surface area (Å²) in [6.07, 6.45) is 2.58. The van der Waals surface area contributed by atoms with E-state index in [1.54, 1.807) is 0 Å². The first-order valence-corrected chi connectivity index (χ1v) is 5.86. The molecule has 0 spiro atoms. The molecule has 3 rings (SSSR count). The van der Waals surface area contributed by atoms with Crippen molar-refractivity contribution in [1.82, 2.24) is 20.2 Å². The topological polar surface area (TPSA) is 69.6 Å². The Balaban J connectivity index is 1.99. The van der Waals surface area contributed by atoms with Crippen LogP contribution in [0.3, 0.4) is 0 Å². The van der Waals surface area contributed by atoms with Gasteiger partial charge < -0.3 is 5.73 Å². The molecule has 1 aliphatic carbocycles. The molecule has 1 heterocycles. The molecule has 2 N–H and O–H groups in total. The molecule has 1 aromatic heterocycles. The highest BCUT2D eigenvalue weighted by Gasteiger charge is 2.24. The van der Waals surface area contributed by atoms with Gasteiger partial charge in [0.1, 0.15) is 0 Å². The summed E-state index contributed by atoms with van der Waals surface area (Å²) < 4.78 is 1.90. The number of nitrogens with two attached hydrogens (primary N) is 1. The third-order valence-corrected chi connectivity index (χ3v) is 3.15. The van der Waals surface area contributed by atoms with Gasteiger partial charge in [0.15, 0.2) is 5.82 Å². The maximum atomic E-state index is 5.75. The van der Waals surface area contributed by atoms with Gasteiger partial charge in [-0.2, -0.15) is 0 Å². The summed E-state index contributed by atoms with van der Waals surface area (Å²) in [7, 11) is 0. The first kappa shape index (κ1) is 10.3. The van der Waals surface area contributed by atoms with E-state index in [-0.39, 0.29) is 0 Å². The van der Waals surface area contributed by atoms with Gasteiger partial charge >= 0.3 is 0 Å². The van der Waals surface area contributed by atoms with Crippen molar-refractivity contribution in [3.63, 3.8) is 0 Å². The van der Waals surface area contributed by atoms with Crippen molar-refractivity contribution >= 4 is 5.69 Å². The minimum Gasteiger partial charge on any atom is -0.399 e. The summed E-state index contributed by atoms with van der Waals surface area (Å²) in [6.45, 7) is 2.95. The molecule has 5 nitrogen and oxygen atoms in total. The van der Waals surface area contributed by atoms with Crippen LogP contribution in [-0.2, 0) is 6.54 Å². The van der Waals surface area contributed by atoms with E-state index < -0.39 is 0 Å². The van der Waals surface area contributed by atoms with Crippen LogP contribution in [0, 0.1) is 12.8 Å². The van der Waals surface area contributed by atoms with E-state index in [0.29, 0.717) is 0 Å². The number of anilines is 1. The van der Waals surface area contributed by atoms with Gasteiger partial charge in [-0.15, -0.1) is 5.10 Å². The smallest absolute Gasteiger partial charge is 0.182 e. The van der Waals surface area contributed by atoms with Crippen LogP contribution in [0.5, 0.6) is 0 Å². The van der Waals surface area contributed by atoms with E-state index in [9.17, 15) is 0 Å². The second-order valence-corrected chi connectivity index (χ2v) is 4.70. The van der Waals surface area contributed by atoms with E-state index in [1.807, 2.05) is 29.8 Å². The number of aryl methyl sites for hydroxylation is 1. The molecule has 5 heteroatoms. The average molecular weight is 229 g/mol. The summed E-state index contributed by atoms with van der Waals surface area (Å²) in [5, 5.41) is 12.0. The van der Waals surface area contributed by atoms with E-state index in [0.717, 1.165) is 35.1 Å². The van der Waals surface area contributed by atoms with Gasteiger partial charge in [0.05, 0.1) is 0 Å². The Kier molecular flexibility index (Phi) is 2.31. The molecule has 1 saturated carbocycles. The minimum atomic E-state index is 0.756. The first-order chi connectivity index (χ1) is 8.24.